The summed E-state index contributed by atoms with van der Waals surface area (Å²) in [6, 6.07) is 4.94. The largest absolute Gasteiger partial charge is 0.406 e. The van der Waals surface area contributed by atoms with Gasteiger partial charge in [0, 0.05) is 24.8 Å². The van der Waals surface area contributed by atoms with E-state index in [1.165, 1.54) is 0 Å². The Balaban J connectivity index is 2.14. The van der Waals surface area contributed by atoms with Crippen LogP contribution < -0.4 is 5.32 Å². The fourth-order valence-corrected chi connectivity index (χ4v) is 2.00. The highest BCUT2D eigenvalue weighted by Gasteiger charge is 2.31. The molecule has 1 amide bonds. The molecule has 18 heavy (non-hydrogen) atoms. The van der Waals surface area contributed by atoms with Crippen LogP contribution in [-0.2, 0) is 6.42 Å². The number of carbonyl (C=O) groups excluding carboxylic acids is 1. The van der Waals surface area contributed by atoms with Crippen LogP contribution in [0.1, 0.15) is 15.9 Å². The number of benzene rings is 1. The monoisotopic (exact) mass is 258 g/mol. The number of hydrogen-bond acceptors (Lipinski definition) is 2. The van der Waals surface area contributed by atoms with Crippen LogP contribution in [0.4, 0.5) is 18.9 Å². The Morgan fingerprint density at radius 2 is 2.17 bits per heavy atom. The molecule has 3 nitrogen and oxygen atoms in total. The molecule has 0 bridgehead atoms. The summed E-state index contributed by atoms with van der Waals surface area (Å²) in [6.07, 6.45) is -3.58. The van der Waals surface area contributed by atoms with Crippen molar-refractivity contribution in [3.63, 3.8) is 0 Å². The number of halogens is 3. The van der Waals surface area contributed by atoms with E-state index in [0.717, 1.165) is 31.3 Å². The Morgan fingerprint density at radius 1 is 1.44 bits per heavy atom. The van der Waals surface area contributed by atoms with E-state index >= 15 is 0 Å². The lowest BCUT2D eigenvalue weighted by molar-refractivity contribution is -0.138. The van der Waals surface area contributed by atoms with Crippen LogP contribution in [0.25, 0.3) is 0 Å². The maximum absolute atomic E-state index is 12.2. The van der Waals surface area contributed by atoms with E-state index in [-0.39, 0.29) is 0 Å². The smallest absolute Gasteiger partial charge is 0.384 e. The molecule has 1 aromatic rings. The van der Waals surface area contributed by atoms with E-state index < -0.39 is 18.6 Å². The number of nitrogens with zero attached hydrogens (tertiary/aromatic N) is 1. The second-order valence-corrected chi connectivity index (χ2v) is 4.33. The molecule has 0 aromatic heterocycles. The van der Waals surface area contributed by atoms with Crippen LogP contribution in [0.15, 0.2) is 18.2 Å². The second-order valence-electron chi connectivity index (χ2n) is 4.33. The summed E-state index contributed by atoms with van der Waals surface area (Å²) in [6.45, 7) is -0.438. The molecule has 98 valence electrons. The highest BCUT2D eigenvalue weighted by molar-refractivity contribution is 5.95. The maximum Gasteiger partial charge on any atom is 0.406 e. The van der Waals surface area contributed by atoms with E-state index in [1.807, 2.05) is 0 Å². The first kappa shape index (κ1) is 12.7. The van der Waals surface area contributed by atoms with Gasteiger partial charge in [-0.2, -0.15) is 13.2 Å². The summed E-state index contributed by atoms with van der Waals surface area (Å²) in [5, 5.41) is 3.13. The van der Waals surface area contributed by atoms with Crippen LogP contribution >= 0.6 is 0 Å². The van der Waals surface area contributed by atoms with Crippen molar-refractivity contribution in [2.75, 3.05) is 25.5 Å². The van der Waals surface area contributed by atoms with Crippen molar-refractivity contribution in [1.29, 1.82) is 0 Å². The molecule has 1 aliphatic rings. The van der Waals surface area contributed by atoms with E-state index in [1.54, 1.807) is 18.2 Å². The molecule has 0 fully saturated rings. The topological polar surface area (TPSA) is 32.3 Å². The number of carbonyl (C=O) groups is 1. The van der Waals surface area contributed by atoms with Crippen LogP contribution in [0.2, 0.25) is 0 Å². The molecule has 0 atom stereocenters. The normalized spacial score (nSPS) is 14.0. The van der Waals surface area contributed by atoms with E-state index in [0.29, 0.717) is 10.5 Å². The minimum Gasteiger partial charge on any atom is -0.384 e. The highest BCUT2D eigenvalue weighted by atomic mass is 19.4. The van der Waals surface area contributed by atoms with E-state index in [4.69, 9.17) is 0 Å². The summed E-state index contributed by atoms with van der Waals surface area (Å²) in [4.78, 5) is 12.5. The van der Waals surface area contributed by atoms with Gasteiger partial charge in [-0.3, -0.25) is 4.79 Å². The van der Waals surface area contributed by atoms with Crippen LogP contribution in [-0.4, -0.2) is 37.1 Å². The lowest BCUT2D eigenvalue weighted by atomic mass is 10.1. The number of hydrogen-bond donors (Lipinski definition) is 1. The molecule has 1 aliphatic heterocycles. The predicted molar refractivity (Wildman–Crippen MR) is 61.7 cm³/mol. The van der Waals surface area contributed by atoms with E-state index in [9.17, 15) is 18.0 Å². The molecule has 0 saturated heterocycles. The van der Waals surface area contributed by atoms with E-state index in [2.05, 4.69) is 5.32 Å². The van der Waals surface area contributed by atoms with Gasteiger partial charge >= 0.3 is 6.18 Å². The SMILES string of the molecule is CN(CC(F)(F)F)C(=O)c1ccc2c(c1)CCN2. The highest BCUT2D eigenvalue weighted by Crippen LogP contribution is 2.24. The molecule has 1 heterocycles. The molecular formula is C12H13F3N2O. The van der Waals surface area contributed by atoms with Crippen molar-refractivity contribution in [3.05, 3.63) is 29.3 Å². The first-order valence-electron chi connectivity index (χ1n) is 5.56. The molecule has 0 saturated carbocycles. The van der Waals surface area contributed by atoms with Crippen LogP contribution in [0.5, 0.6) is 0 Å². The zero-order valence-electron chi connectivity index (χ0n) is 9.84. The first-order valence-corrected chi connectivity index (χ1v) is 5.56. The minimum atomic E-state index is -4.37. The molecule has 0 aliphatic carbocycles. The third-order valence-corrected chi connectivity index (χ3v) is 2.83. The number of nitrogens with one attached hydrogen (secondary N) is 1. The fraction of sp³-hybridized carbons (Fsp3) is 0.417. The number of fused-ring (bicyclic) bond motifs is 1. The van der Waals surface area contributed by atoms with Crippen molar-refractivity contribution in [3.8, 4) is 0 Å². The summed E-state index contributed by atoms with van der Waals surface area (Å²) >= 11 is 0. The van der Waals surface area contributed by atoms with Gasteiger partial charge in [0.2, 0.25) is 0 Å². The molecule has 0 radical (unpaired) electrons. The molecular weight excluding hydrogens is 245 g/mol. The quantitative estimate of drug-likeness (QED) is 0.882. The van der Waals surface area contributed by atoms with Crippen molar-refractivity contribution >= 4 is 11.6 Å². The molecule has 6 heteroatoms. The lowest BCUT2D eigenvalue weighted by Gasteiger charge is -2.19. The zero-order valence-corrected chi connectivity index (χ0v) is 9.84. The summed E-state index contributed by atoms with van der Waals surface area (Å²) < 4.78 is 36.6. The Labute approximate surface area is 103 Å². The molecule has 0 spiro atoms. The lowest BCUT2D eigenvalue weighted by Crippen LogP contribution is -2.35. The van der Waals surface area contributed by atoms with Crippen LogP contribution in [0.3, 0.4) is 0 Å². The minimum absolute atomic E-state index is 0.296. The summed E-state index contributed by atoms with van der Waals surface area (Å²) in [5.74, 6) is -0.609. The molecule has 0 unspecified atom stereocenters. The number of alkyl halides is 3. The van der Waals surface area contributed by atoms with Crippen LogP contribution in [0, 0.1) is 0 Å². The average Bonchev–Trinajstić information content (AvgIpc) is 2.72. The summed E-state index contributed by atoms with van der Waals surface area (Å²) in [7, 11) is 1.15. The van der Waals surface area contributed by atoms with Gasteiger partial charge in [0.25, 0.3) is 5.91 Å². The molecule has 2 rings (SSSR count). The fourth-order valence-electron chi connectivity index (χ4n) is 2.00. The molecule has 1 N–H and O–H groups in total. The average molecular weight is 258 g/mol. The van der Waals surface area contributed by atoms with Gasteiger partial charge in [0.15, 0.2) is 0 Å². The van der Waals surface area contributed by atoms with Crippen molar-refractivity contribution in [2.45, 2.75) is 12.6 Å². The standard InChI is InChI=1S/C12H13F3N2O/c1-17(7-12(13,14)15)11(18)9-2-3-10-8(6-9)4-5-16-10/h2-3,6,16H,4-5,7H2,1H3. The van der Waals surface area contributed by atoms with Crippen molar-refractivity contribution < 1.29 is 18.0 Å². The second kappa shape index (κ2) is 4.51. The number of rotatable bonds is 2. The van der Waals surface area contributed by atoms with Crippen molar-refractivity contribution in [2.24, 2.45) is 0 Å². The summed E-state index contributed by atoms with van der Waals surface area (Å²) in [5.41, 5.74) is 2.22. The first-order chi connectivity index (χ1) is 8.37. The molecule has 1 aromatic carbocycles. The number of anilines is 1. The Morgan fingerprint density at radius 3 is 2.83 bits per heavy atom. The van der Waals surface area contributed by atoms with Gasteiger partial charge < -0.3 is 10.2 Å². The maximum atomic E-state index is 12.2. The Bertz CT molecular complexity index is 471. The predicted octanol–water partition coefficient (Wildman–Crippen LogP) is 2.29. The third kappa shape index (κ3) is 2.75. The van der Waals surface area contributed by atoms with Gasteiger partial charge in [-0.25, -0.2) is 0 Å². The number of amides is 1. The van der Waals surface area contributed by atoms with Crippen molar-refractivity contribution in [1.82, 2.24) is 4.90 Å². The van der Waals surface area contributed by atoms with Gasteiger partial charge in [-0.05, 0) is 30.2 Å². The third-order valence-electron chi connectivity index (χ3n) is 2.83. The van der Waals surface area contributed by atoms with Gasteiger partial charge in [0.05, 0.1) is 0 Å². The van der Waals surface area contributed by atoms with Gasteiger partial charge in [-0.1, -0.05) is 0 Å². The zero-order chi connectivity index (χ0) is 13.3. The Hall–Kier alpha value is -1.72. The van der Waals surface area contributed by atoms with Gasteiger partial charge in [0.1, 0.15) is 6.54 Å². The Kier molecular flexibility index (Phi) is 3.19. The van der Waals surface area contributed by atoms with Gasteiger partial charge in [-0.15, -0.1) is 0 Å².